The number of aliphatic hydroxyl groups excluding tert-OH is 1. The molecule has 0 spiro atoms. The molecule has 0 aliphatic rings. The van der Waals surface area contributed by atoms with Crippen molar-refractivity contribution in [3.8, 4) is 11.5 Å². The van der Waals surface area contributed by atoms with Gasteiger partial charge in [0.2, 0.25) is 0 Å². The highest BCUT2D eigenvalue weighted by Gasteiger charge is 2.13. The number of carbonyl (C=O) groups excluding carboxylic acids is 1. The molecule has 0 saturated heterocycles. The standard InChI is InChI=1S/C19H24N2O4.ClH/c1-25-18-7-4-14(9-17(18)23)8-15(12-22)11-21-19(24)16-5-2-13(10-20)3-6-16;/h2-7,9,15,22-23H,8,10-12,20H2,1H3,(H,21,24);1H. The lowest BCUT2D eigenvalue weighted by atomic mass is 9.99. The third-order valence-corrected chi connectivity index (χ3v) is 4.03. The Bertz CT molecular complexity index is 707. The SMILES string of the molecule is COc1ccc(CC(CO)CNC(=O)c2ccc(CN)cc2)cc1O.Cl. The molecule has 0 aliphatic heterocycles. The fourth-order valence-electron chi connectivity index (χ4n) is 2.53. The number of halogens is 1. The van der Waals surface area contributed by atoms with Crippen LogP contribution in [0.15, 0.2) is 42.5 Å². The third kappa shape index (κ3) is 5.91. The zero-order chi connectivity index (χ0) is 18.2. The first-order chi connectivity index (χ1) is 12.1. The summed E-state index contributed by atoms with van der Waals surface area (Å²) in [6.07, 6.45) is 0.528. The molecule has 0 bridgehead atoms. The second-order valence-corrected chi connectivity index (χ2v) is 5.87. The van der Waals surface area contributed by atoms with Gasteiger partial charge in [-0.1, -0.05) is 18.2 Å². The Labute approximate surface area is 159 Å². The van der Waals surface area contributed by atoms with E-state index >= 15 is 0 Å². The lowest BCUT2D eigenvalue weighted by molar-refractivity contribution is 0.0940. The Morgan fingerprint density at radius 1 is 1.19 bits per heavy atom. The minimum Gasteiger partial charge on any atom is -0.504 e. The summed E-state index contributed by atoms with van der Waals surface area (Å²) in [4.78, 5) is 12.2. The maximum absolute atomic E-state index is 12.2. The number of benzene rings is 2. The fraction of sp³-hybridized carbons (Fsp3) is 0.316. The summed E-state index contributed by atoms with van der Waals surface area (Å²) in [6, 6.07) is 12.2. The number of amides is 1. The molecule has 6 nitrogen and oxygen atoms in total. The van der Waals surface area contributed by atoms with Crippen LogP contribution in [-0.2, 0) is 13.0 Å². The van der Waals surface area contributed by atoms with Crippen molar-refractivity contribution < 1.29 is 19.7 Å². The number of aliphatic hydroxyl groups is 1. The van der Waals surface area contributed by atoms with Crippen molar-refractivity contribution in [2.75, 3.05) is 20.3 Å². The lowest BCUT2D eigenvalue weighted by Gasteiger charge is -2.16. The minimum absolute atomic E-state index is 0. The number of phenols is 1. The summed E-state index contributed by atoms with van der Waals surface area (Å²) in [5, 5.41) is 22.2. The van der Waals surface area contributed by atoms with Crippen LogP contribution in [0, 0.1) is 5.92 Å². The molecule has 1 atom stereocenters. The molecule has 1 amide bonds. The van der Waals surface area contributed by atoms with E-state index in [1.54, 1.807) is 24.3 Å². The molecule has 0 aliphatic carbocycles. The summed E-state index contributed by atoms with van der Waals surface area (Å²) in [5.41, 5.74) is 7.91. The summed E-state index contributed by atoms with van der Waals surface area (Å²) < 4.78 is 5.01. The number of phenolic OH excluding ortho intramolecular Hbond substituents is 1. The molecule has 5 N–H and O–H groups in total. The van der Waals surface area contributed by atoms with E-state index in [-0.39, 0.29) is 36.6 Å². The average Bonchev–Trinajstić information content (AvgIpc) is 2.65. The molecule has 7 heteroatoms. The van der Waals surface area contributed by atoms with Gasteiger partial charge in [0.25, 0.3) is 5.91 Å². The number of aromatic hydroxyl groups is 1. The number of hydrogen-bond donors (Lipinski definition) is 4. The van der Waals surface area contributed by atoms with Crippen molar-refractivity contribution in [1.82, 2.24) is 5.32 Å². The molecule has 0 heterocycles. The quantitative estimate of drug-likeness (QED) is 0.559. The Hall–Kier alpha value is -2.28. The molecule has 0 fully saturated rings. The normalized spacial score (nSPS) is 11.3. The zero-order valence-corrected chi connectivity index (χ0v) is 15.5. The molecular weight excluding hydrogens is 356 g/mol. The molecule has 0 radical (unpaired) electrons. The van der Waals surface area contributed by atoms with Crippen LogP contribution in [0.2, 0.25) is 0 Å². The monoisotopic (exact) mass is 380 g/mol. The van der Waals surface area contributed by atoms with Crippen molar-refractivity contribution in [3.63, 3.8) is 0 Å². The van der Waals surface area contributed by atoms with Gasteiger partial charge in [0.1, 0.15) is 0 Å². The van der Waals surface area contributed by atoms with Crippen LogP contribution in [0.1, 0.15) is 21.5 Å². The van der Waals surface area contributed by atoms with E-state index in [1.165, 1.54) is 7.11 Å². The Morgan fingerprint density at radius 3 is 2.38 bits per heavy atom. The number of nitrogens with two attached hydrogens (primary N) is 1. The van der Waals surface area contributed by atoms with Crippen LogP contribution in [0.5, 0.6) is 11.5 Å². The third-order valence-electron chi connectivity index (χ3n) is 4.03. The van der Waals surface area contributed by atoms with Gasteiger partial charge in [0.05, 0.1) is 7.11 Å². The van der Waals surface area contributed by atoms with Crippen molar-refractivity contribution in [1.29, 1.82) is 0 Å². The van der Waals surface area contributed by atoms with E-state index in [2.05, 4.69) is 5.32 Å². The van der Waals surface area contributed by atoms with Crippen molar-refractivity contribution in [2.24, 2.45) is 11.7 Å². The number of methoxy groups -OCH3 is 1. The largest absolute Gasteiger partial charge is 0.504 e. The van der Waals surface area contributed by atoms with E-state index in [9.17, 15) is 15.0 Å². The van der Waals surface area contributed by atoms with Crippen LogP contribution in [0.25, 0.3) is 0 Å². The second-order valence-electron chi connectivity index (χ2n) is 5.87. The highest BCUT2D eigenvalue weighted by atomic mass is 35.5. The first-order valence-corrected chi connectivity index (χ1v) is 8.11. The highest BCUT2D eigenvalue weighted by Crippen LogP contribution is 2.27. The maximum Gasteiger partial charge on any atom is 0.251 e. The molecule has 0 saturated carbocycles. The van der Waals surface area contributed by atoms with E-state index < -0.39 is 0 Å². The summed E-state index contributed by atoms with van der Waals surface area (Å²) in [7, 11) is 1.49. The van der Waals surface area contributed by atoms with Gasteiger partial charge in [-0.05, 0) is 41.8 Å². The van der Waals surface area contributed by atoms with Gasteiger partial charge in [0.15, 0.2) is 11.5 Å². The van der Waals surface area contributed by atoms with Crippen molar-refractivity contribution >= 4 is 18.3 Å². The number of carbonyl (C=O) groups is 1. The van der Waals surface area contributed by atoms with Crippen LogP contribution >= 0.6 is 12.4 Å². The predicted molar refractivity (Wildman–Crippen MR) is 103 cm³/mol. The number of ether oxygens (including phenoxy) is 1. The van der Waals surface area contributed by atoms with Crippen molar-refractivity contribution in [3.05, 3.63) is 59.2 Å². The summed E-state index contributed by atoms with van der Waals surface area (Å²) in [6.45, 7) is 0.698. The fourth-order valence-corrected chi connectivity index (χ4v) is 2.53. The Kier molecular flexibility index (Phi) is 8.92. The molecule has 1 unspecified atom stereocenters. The molecule has 2 aromatic rings. The van der Waals surface area contributed by atoms with Gasteiger partial charge in [-0.2, -0.15) is 0 Å². The van der Waals surface area contributed by atoms with E-state index in [0.29, 0.717) is 30.8 Å². The molecule has 2 aromatic carbocycles. The maximum atomic E-state index is 12.2. The second kappa shape index (κ2) is 10.7. The van der Waals surface area contributed by atoms with E-state index in [0.717, 1.165) is 11.1 Å². The van der Waals surface area contributed by atoms with Gasteiger partial charge in [-0.15, -0.1) is 12.4 Å². The van der Waals surface area contributed by atoms with Gasteiger partial charge in [-0.3, -0.25) is 4.79 Å². The summed E-state index contributed by atoms with van der Waals surface area (Å²) >= 11 is 0. The Morgan fingerprint density at radius 2 is 1.85 bits per heavy atom. The first-order valence-electron chi connectivity index (χ1n) is 8.11. The predicted octanol–water partition coefficient (Wildman–Crippen LogP) is 1.86. The molecule has 26 heavy (non-hydrogen) atoms. The minimum atomic E-state index is -0.195. The van der Waals surface area contributed by atoms with E-state index in [4.69, 9.17) is 10.5 Å². The first kappa shape index (κ1) is 21.8. The zero-order valence-electron chi connectivity index (χ0n) is 14.6. The topological polar surface area (TPSA) is 105 Å². The number of hydrogen-bond acceptors (Lipinski definition) is 5. The van der Waals surface area contributed by atoms with Crippen LogP contribution in [0.4, 0.5) is 0 Å². The van der Waals surface area contributed by atoms with Gasteiger partial charge < -0.3 is 26.0 Å². The van der Waals surface area contributed by atoms with E-state index in [1.807, 2.05) is 18.2 Å². The van der Waals surface area contributed by atoms with Gasteiger partial charge in [0, 0.05) is 31.2 Å². The molecule has 2 rings (SSSR count). The Balaban J connectivity index is 0.00000338. The van der Waals surface area contributed by atoms with Crippen molar-refractivity contribution in [2.45, 2.75) is 13.0 Å². The average molecular weight is 381 g/mol. The smallest absolute Gasteiger partial charge is 0.251 e. The summed E-state index contributed by atoms with van der Waals surface area (Å²) in [5.74, 6) is 0.110. The number of nitrogens with one attached hydrogen (secondary N) is 1. The lowest BCUT2D eigenvalue weighted by Crippen LogP contribution is -2.31. The highest BCUT2D eigenvalue weighted by molar-refractivity contribution is 5.94. The van der Waals surface area contributed by atoms with Crippen LogP contribution in [0.3, 0.4) is 0 Å². The van der Waals surface area contributed by atoms with Gasteiger partial charge in [-0.25, -0.2) is 0 Å². The van der Waals surface area contributed by atoms with Gasteiger partial charge >= 0.3 is 0 Å². The van der Waals surface area contributed by atoms with Crippen LogP contribution < -0.4 is 15.8 Å². The van der Waals surface area contributed by atoms with Crippen LogP contribution in [-0.4, -0.2) is 36.4 Å². The number of rotatable bonds is 8. The molecular formula is C19H25ClN2O4. The molecule has 0 aromatic heterocycles. The molecule has 142 valence electrons.